The van der Waals surface area contributed by atoms with Crippen LogP contribution in [0.4, 0.5) is 0 Å². The zero-order valence-electron chi connectivity index (χ0n) is 11.8. The predicted molar refractivity (Wildman–Crippen MR) is 85.4 cm³/mol. The lowest BCUT2D eigenvalue weighted by molar-refractivity contribution is 0.453. The second-order valence-corrected chi connectivity index (χ2v) is 5.87. The Bertz CT molecular complexity index is 593. The molecular weight excluding hydrogens is 266 g/mol. The first kappa shape index (κ1) is 13.7. The Morgan fingerprint density at radius 1 is 1.20 bits per heavy atom. The van der Waals surface area contributed by atoms with Gasteiger partial charge in [-0.3, -0.25) is 0 Å². The van der Waals surface area contributed by atoms with Crippen LogP contribution in [0.5, 0.6) is 0 Å². The van der Waals surface area contributed by atoms with Crippen LogP contribution >= 0.6 is 11.6 Å². The molecule has 2 atom stereocenters. The third-order valence-electron chi connectivity index (χ3n) is 4.21. The van der Waals surface area contributed by atoms with E-state index in [0.717, 1.165) is 11.6 Å². The van der Waals surface area contributed by atoms with Crippen LogP contribution in [-0.4, -0.2) is 6.54 Å². The van der Waals surface area contributed by atoms with Gasteiger partial charge in [-0.15, -0.1) is 0 Å². The fourth-order valence-electron chi connectivity index (χ4n) is 3.35. The monoisotopic (exact) mass is 285 g/mol. The van der Waals surface area contributed by atoms with E-state index >= 15 is 0 Å². The van der Waals surface area contributed by atoms with Crippen molar-refractivity contribution in [3.8, 4) is 0 Å². The molecule has 0 saturated carbocycles. The molecule has 1 aliphatic rings. The quantitative estimate of drug-likeness (QED) is 0.857. The lowest BCUT2D eigenvalue weighted by atomic mass is 9.88. The molecule has 1 nitrogen and oxygen atoms in total. The zero-order valence-corrected chi connectivity index (χ0v) is 12.5. The summed E-state index contributed by atoms with van der Waals surface area (Å²) < 4.78 is 0. The van der Waals surface area contributed by atoms with Crippen LogP contribution in [0.3, 0.4) is 0 Å². The molecule has 0 spiro atoms. The average molecular weight is 286 g/mol. The Morgan fingerprint density at radius 3 is 2.85 bits per heavy atom. The number of benzene rings is 2. The molecule has 0 fully saturated rings. The molecule has 0 aromatic heterocycles. The second-order valence-electron chi connectivity index (χ2n) is 5.43. The molecule has 2 heteroatoms. The smallest absolute Gasteiger partial charge is 0.0409 e. The predicted octanol–water partition coefficient (Wildman–Crippen LogP) is 4.72. The van der Waals surface area contributed by atoms with Gasteiger partial charge in [-0.25, -0.2) is 0 Å². The lowest BCUT2D eigenvalue weighted by Crippen LogP contribution is -2.26. The molecule has 2 aromatic carbocycles. The summed E-state index contributed by atoms with van der Waals surface area (Å²) in [6, 6.07) is 17.4. The minimum absolute atomic E-state index is 0.349. The van der Waals surface area contributed by atoms with Crippen LogP contribution in [0, 0.1) is 0 Å². The van der Waals surface area contributed by atoms with Gasteiger partial charge in [0.15, 0.2) is 0 Å². The first-order valence-electron chi connectivity index (χ1n) is 7.36. The molecule has 1 N–H and O–H groups in total. The number of rotatable bonds is 4. The maximum atomic E-state index is 6.17. The minimum atomic E-state index is 0.349. The molecular formula is C18H20ClN. The summed E-state index contributed by atoms with van der Waals surface area (Å²) in [5.74, 6) is 0.546. The van der Waals surface area contributed by atoms with E-state index in [1.807, 2.05) is 12.1 Å². The number of halogens is 1. The maximum Gasteiger partial charge on any atom is 0.0409 e. The second kappa shape index (κ2) is 5.99. The number of aryl methyl sites for hydroxylation is 1. The molecule has 0 saturated heterocycles. The van der Waals surface area contributed by atoms with E-state index in [2.05, 4.69) is 48.6 Å². The van der Waals surface area contributed by atoms with E-state index in [1.165, 1.54) is 29.5 Å². The first-order valence-corrected chi connectivity index (χ1v) is 7.74. The summed E-state index contributed by atoms with van der Waals surface area (Å²) in [6.07, 6.45) is 2.40. The Kier molecular flexibility index (Phi) is 4.09. The third kappa shape index (κ3) is 2.61. The SMILES string of the molecule is CCNC(c1cccc(Cl)c1)C1CCc2ccccc21. The van der Waals surface area contributed by atoms with E-state index in [0.29, 0.717) is 12.0 Å². The van der Waals surface area contributed by atoms with Crippen LogP contribution in [0.2, 0.25) is 5.02 Å². The summed E-state index contributed by atoms with van der Waals surface area (Å²) in [4.78, 5) is 0. The fraction of sp³-hybridized carbons (Fsp3) is 0.333. The molecule has 3 rings (SSSR count). The standard InChI is InChI=1S/C18H20ClN/c1-2-20-18(14-7-5-8-15(19)12-14)17-11-10-13-6-3-4-9-16(13)17/h3-9,12,17-18,20H,2,10-11H2,1H3. The highest BCUT2D eigenvalue weighted by atomic mass is 35.5. The van der Waals surface area contributed by atoms with Crippen molar-refractivity contribution in [2.75, 3.05) is 6.54 Å². The third-order valence-corrected chi connectivity index (χ3v) is 4.45. The van der Waals surface area contributed by atoms with E-state index in [1.54, 1.807) is 0 Å². The van der Waals surface area contributed by atoms with Gasteiger partial charge in [-0.05, 0) is 48.2 Å². The van der Waals surface area contributed by atoms with Crippen molar-refractivity contribution in [1.29, 1.82) is 0 Å². The van der Waals surface area contributed by atoms with Crippen molar-refractivity contribution >= 4 is 11.6 Å². The Morgan fingerprint density at radius 2 is 2.05 bits per heavy atom. The maximum absolute atomic E-state index is 6.17. The molecule has 0 amide bonds. The Balaban J connectivity index is 1.96. The summed E-state index contributed by atoms with van der Waals surface area (Å²) in [5.41, 5.74) is 4.29. The molecule has 2 unspecified atom stereocenters. The van der Waals surface area contributed by atoms with Gasteiger partial charge in [0.05, 0.1) is 0 Å². The van der Waals surface area contributed by atoms with Gasteiger partial charge in [-0.2, -0.15) is 0 Å². The Hall–Kier alpha value is -1.31. The van der Waals surface area contributed by atoms with Gasteiger partial charge in [0.1, 0.15) is 0 Å². The highest BCUT2D eigenvalue weighted by Gasteiger charge is 2.30. The van der Waals surface area contributed by atoms with Crippen molar-refractivity contribution in [1.82, 2.24) is 5.32 Å². The van der Waals surface area contributed by atoms with Crippen molar-refractivity contribution in [2.24, 2.45) is 0 Å². The van der Waals surface area contributed by atoms with Crippen LogP contribution in [-0.2, 0) is 6.42 Å². The molecule has 0 heterocycles. The summed E-state index contributed by atoms with van der Waals surface area (Å²) in [6.45, 7) is 3.13. The van der Waals surface area contributed by atoms with Gasteiger partial charge >= 0.3 is 0 Å². The van der Waals surface area contributed by atoms with Gasteiger partial charge in [0.25, 0.3) is 0 Å². The number of hydrogen-bond donors (Lipinski definition) is 1. The van der Waals surface area contributed by atoms with Crippen LogP contribution in [0.15, 0.2) is 48.5 Å². The summed E-state index contributed by atoms with van der Waals surface area (Å²) in [5, 5.41) is 4.47. The minimum Gasteiger partial charge on any atom is -0.310 e. The van der Waals surface area contributed by atoms with Crippen molar-refractivity contribution in [2.45, 2.75) is 31.7 Å². The van der Waals surface area contributed by atoms with Crippen molar-refractivity contribution in [3.05, 3.63) is 70.2 Å². The van der Waals surface area contributed by atoms with Gasteiger partial charge in [0.2, 0.25) is 0 Å². The largest absolute Gasteiger partial charge is 0.310 e. The first-order chi connectivity index (χ1) is 9.79. The van der Waals surface area contributed by atoms with E-state index < -0.39 is 0 Å². The Labute approximate surface area is 126 Å². The molecule has 1 aliphatic carbocycles. The highest BCUT2D eigenvalue weighted by molar-refractivity contribution is 6.30. The molecule has 20 heavy (non-hydrogen) atoms. The molecule has 0 bridgehead atoms. The average Bonchev–Trinajstić information content (AvgIpc) is 2.88. The van der Waals surface area contributed by atoms with E-state index in [-0.39, 0.29) is 0 Å². The normalized spacial score (nSPS) is 18.8. The molecule has 0 aliphatic heterocycles. The topological polar surface area (TPSA) is 12.0 Å². The number of hydrogen-bond acceptors (Lipinski definition) is 1. The lowest BCUT2D eigenvalue weighted by Gasteiger charge is -2.26. The summed E-state index contributed by atoms with van der Waals surface area (Å²) >= 11 is 6.17. The van der Waals surface area contributed by atoms with Crippen LogP contribution in [0.1, 0.15) is 42.0 Å². The molecule has 0 radical (unpaired) electrons. The highest BCUT2D eigenvalue weighted by Crippen LogP contribution is 2.41. The number of likely N-dealkylation sites (N-methyl/N-ethyl adjacent to an activating group) is 1. The van der Waals surface area contributed by atoms with Crippen LogP contribution in [0.25, 0.3) is 0 Å². The van der Waals surface area contributed by atoms with Gasteiger partial charge in [0, 0.05) is 17.0 Å². The molecule has 104 valence electrons. The van der Waals surface area contributed by atoms with Gasteiger partial charge in [-0.1, -0.05) is 54.9 Å². The van der Waals surface area contributed by atoms with Crippen LogP contribution < -0.4 is 5.32 Å². The van der Waals surface area contributed by atoms with E-state index in [4.69, 9.17) is 11.6 Å². The van der Waals surface area contributed by atoms with E-state index in [9.17, 15) is 0 Å². The van der Waals surface area contributed by atoms with Gasteiger partial charge < -0.3 is 5.32 Å². The van der Waals surface area contributed by atoms with Crippen molar-refractivity contribution in [3.63, 3.8) is 0 Å². The number of nitrogens with one attached hydrogen (secondary N) is 1. The zero-order chi connectivity index (χ0) is 13.9. The number of fused-ring (bicyclic) bond motifs is 1. The summed E-state index contributed by atoms with van der Waals surface area (Å²) in [7, 11) is 0. The molecule has 2 aromatic rings. The fourth-order valence-corrected chi connectivity index (χ4v) is 3.55. The van der Waals surface area contributed by atoms with Crippen molar-refractivity contribution < 1.29 is 0 Å².